The van der Waals surface area contributed by atoms with Gasteiger partial charge in [-0.3, -0.25) is 14.9 Å². The third-order valence-electron chi connectivity index (χ3n) is 3.39. The summed E-state index contributed by atoms with van der Waals surface area (Å²) >= 11 is 3.26. The Morgan fingerprint density at radius 2 is 2.25 bits per heavy atom. The first-order valence-electron chi connectivity index (χ1n) is 6.43. The third-order valence-corrected chi connectivity index (χ3v) is 4.13. The number of amides is 1. The average molecular weight is 342 g/mol. The van der Waals surface area contributed by atoms with Crippen molar-refractivity contribution in [1.29, 1.82) is 0 Å². The number of nitrogens with one attached hydrogen (secondary N) is 1. The SMILES string of the molecule is NCC(NC(=O)Cc1ccc([N+](=O)[O-])cc1Br)C1CC1. The second kappa shape index (κ2) is 6.32. The van der Waals surface area contributed by atoms with Crippen LogP contribution in [0.5, 0.6) is 0 Å². The lowest BCUT2D eigenvalue weighted by molar-refractivity contribution is -0.384. The Balaban J connectivity index is 1.98. The molecule has 1 aromatic carbocycles. The van der Waals surface area contributed by atoms with Gasteiger partial charge in [-0.1, -0.05) is 22.0 Å². The first-order valence-corrected chi connectivity index (χ1v) is 7.23. The molecule has 0 spiro atoms. The van der Waals surface area contributed by atoms with Crippen molar-refractivity contribution in [3.8, 4) is 0 Å². The van der Waals surface area contributed by atoms with Crippen LogP contribution >= 0.6 is 15.9 Å². The van der Waals surface area contributed by atoms with Gasteiger partial charge in [0.25, 0.3) is 5.69 Å². The molecule has 1 atom stereocenters. The third kappa shape index (κ3) is 3.77. The lowest BCUT2D eigenvalue weighted by atomic mass is 10.1. The van der Waals surface area contributed by atoms with Crippen molar-refractivity contribution in [1.82, 2.24) is 5.32 Å². The van der Waals surface area contributed by atoms with Crippen LogP contribution in [0.2, 0.25) is 0 Å². The molecule has 0 heterocycles. The Hall–Kier alpha value is -1.47. The van der Waals surface area contributed by atoms with Crippen LogP contribution in [0, 0.1) is 16.0 Å². The van der Waals surface area contributed by atoms with E-state index in [4.69, 9.17) is 5.73 Å². The van der Waals surface area contributed by atoms with Gasteiger partial charge in [-0.15, -0.1) is 0 Å². The van der Waals surface area contributed by atoms with Crippen LogP contribution in [-0.4, -0.2) is 23.4 Å². The number of benzene rings is 1. The number of carbonyl (C=O) groups excluding carboxylic acids is 1. The van der Waals surface area contributed by atoms with Crippen LogP contribution < -0.4 is 11.1 Å². The van der Waals surface area contributed by atoms with E-state index >= 15 is 0 Å². The van der Waals surface area contributed by atoms with E-state index in [9.17, 15) is 14.9 Å². The molecule has 0 saturated heterocycles. The molecule has 0 aliphatic heterocycles. The molecular formula is C13H16BrN3O3. The Morgan fingerprint density at radius 3 is 2.75 bits per heavy atom. The smallest absolute Gasteiger partial charge is 0.270 e. The fraction of sp³-hybridized carbons (Fsp3) is 0.462. The van der Waals surface area contributed by atoms with Crippen molar-refractivity contribution in [3.63, 3.8) is 0 Å². The molecule has 1 fully saturated rings. The molecule has 0 aromatic heterocycles. The molecule has 108 valence electrons. The molecule has 1 amide bonds. The number of nitrogens with zero attached hydrogens (tertiary/aromatic N) is 1. The minimum absolute atomic E-state index is 0.00107. The molecule has 1 aromatic rings. The van der Waals surface area contributed by atoms with Crippen LogP contribution in [0.4, 0.5) is 5.69 Å². The molecule has 1 aliphatic carbocycles. The molecule has 1 unspecified atom stereocenters. The van der Waals surface area contributed by atoms with Crippen molar-refractivity contribution in [3.05, 3.63) is 38.3 Å². The van der Waals surface area contributed by atoms with Gasteiger partial charge in [0, 0.05) is 29.2 Å². The Labute approximate surface area is 125 Å². The van der Waals surface area contributed by atoms with Gasteiger partial charge in [-0.2, -0.15) is 0 Å². The largest absolute Gasteiger partial charge is 0.352 e. The summed E-state index contributed by atoms with van der Waals surface area (Å²) in [5, 5.41) is 13.6. The van der Waals surface area contributed by atoms with E-state index in [-0.39, 0.29) is 24.1 Å². The predicted molar refractivity (Wildman–Crippen MR) is 78.2 cm³/mol. The second-order valence-corrected chi connectivity index (χ2v) is 5.81. The molecule has 2 rings (SSSR count). The number of hydrogen-bond donors (Lipinski definition) is 2. The van der Waals surface area contributed by atoms with E-state index in [1.165, 1.54) is 12.1 Å². The molecule has 20 heavy (non-hydrogen) atoms. The van der Waals surface area contributed by atoms with Crippen molar-refractivity contribution >= 4 is 27.5 Å². The highest BCUT2D eigenvalue weighted by atomic mass is 79.9. The lowest BCUT2D eigenvalue weighted by Gasteiger charge is -2.16. The minimum Gasteiger partial charge on any atom is -0.352 e. The number of nitro groups is 1. The fourth-order valence-corrected chi connectivity index (χ4v) is 2.60. The van der Waals surface area contributed by atoms with Gasteiger partial charge in [0.2, 0.25) is 5.91 Å². The zero-order valence-electron chi connectivity index (χ0n) is 10.8. The number of non-ortho nitro benzene ring substituents is 1. The van der Waals surface area contributed by atoms with Gasteiger partial charge in [0.1, 0.15) is 0 Å². The molecule has 1 saturated carbocycles. The molecule has 0 radical (unpaired) electrons. The second-order valence-electron chi connectivity index (χ2n) is 4.96. The van der Waals surface area contributed by atoms with Crippen LogP contribution in [0.1, 0.15) is 18.4 Å². The zero-order valence-corrected chi connectivity index (χ0v) is 12.4. The van der Waals surface area contributed by atoms with Gasteiger partial charge in [0.05, 0.1) is 11.3 Å². The van der Waals surface area contributed by atoms with E-state index in [0.29, 0.717) is 16.9 Å². The normalized spacial score (nSPS) is 15.7. The summed E-state index contributed by atoms with van der Waals surface area (Å²) in [5.74, 6) is 0.395. The molecule has 7 heteroatoms. The van der Waals surface area contributed by atoms with Crippen molar-refractivity contribution < 1.29 is 9.72 Å². The van der Waals surface area contributed by atoms with Crippen molar-refractivity contribution in [2.75, 3.05) is 6.54 Å². The predicted octanol–water partition coefficient (Wildman–Crippen LogP) is 1.75. The van der Waals surface area contributed by atoms with Gasteiger partial charge in [-0.05, 0) is 24.3 Å². The van der Waals surface area contributed by atoms with Crippen molar-refractivity contribution in [2.24, 2.45) is 11.7 Å². The Morgan fingerprint density at radius 1 is 1.55 bits per heavy atom. The summed E-state index contributed by atoms with van der Waals surface area (Å²) in [6.07, 6.45) is 2.41. The number of carbonyl (C=O) groups is 1. The van der Waals surface area contributed by atoms with Gasteiger partial charge in [-0.25, -0.2) is 0 Å². The quantitative estimate of drug-likeness (QED) is 0.608. The number of rotatable bonds is 6. The summed E-state index contributed by atoms with van der Waals surface area (Å²) in [6.45, 7) is 0.442. The van der Waals surface area contributed by atoms with Crippen molar-refractivity contribution in [2.45, 2.75) is 25.3 Å². The molecule has 6 nitrogen and oxygen atoms in total. The van der Waals surface area contributed by atoms with Gasteiger partial charge in [0.15, 0.2) is 0 Å². The number of nitro benzene ring substituents is 1. The topological polar surface area (TPSA) is 98.3 Å². The number of nitrogens with two attached hydrogens (primary N) is 1. The van der Waals surface area contributed by atoms with Crippen LogP contribution in [0.3, 0.4) is 0 Å². The minimum atomic E-state index is -0.466. The number of halogens is 1. The van der Waals surface area contributed by atoms with Crippen LogP contribution in [0.25, 0.3) is 0 Å². The summed E-state index contributed by atoms with van der Waals surface area (Å²) in [4.78, 5) is 22.1. The van der Waals surface area contributed by atoms with Gasteiger partial charge < -0.3 is 11.1 Å². The van der Waals surface area contributed by atoms with E-state index < -0.39 is 4.92 Å². The molecule has 0 bridgehead atoms. The standard InChI is InChI=1S/C13H16BrN3O3/c14-11-6-10(17(19)20)4-3-9(11)5-13(18)16-12(7-15)8-1-2-8/h3-4,6,8,12H,1-2,5,7,15H2,(H,16,18). The highest BCUT2D eigenvalue weighted by molar-refractivity contribution is 9.10. The van der Waals surface area contributed by atoms with E-state index in [0.717, 1.165) is 18.4 Å². The zero-order chi connectivity index (χ0) is 14.7. The highest BCUT2D eigenvalue weighted by Gasteiger charge is 2.31. The summed E-state index contributed by atoms with van der Waals surface area (Å²) in [5.41, 5.74) is 6.36. The Kier molecular flexibility index (Phi) is 4.72. The van der Waals surface area contributed by atoms with Crippen LogP contribution in [0.15, 0.2) is 22.7 Å². The van der Waals surface area contributed by atoms with E-state index in [1.54, 1.807) is 6.07 Å². The number of hydrogen-bond acceptors (Lipinski definition) is 4. The first kappa shape index (κ1) is 14.9. The van der Waals surface area contributed by atoms with Gasteiger partial charge >= 0.3 is 0 Å². The Bertz CT molecular complexity index is 532. The summed E-state index contributed by atoms with van der Waals surface area (Å²) in [7, 11) is 0. The summed E-state index contributed by atoms with van der Waals surface area (Å²) < 4.78 is 0.567. The lowest BCUT2D eigenvalue weighted by Crippen LogP contribution is -2.42. The van der Waals surface area contributed by atoms with E-state index in [2.05, 4.69) is 21.2 Å². The monoisotopic (exact) mass is 341 g/mol. The maximum atomic E-state index is 12.0. The molecule has 1 aliphatic rings. The average Bonchev–Trinajstić information content (AvgIpc) is 3.22. The summed E-state index contributed by atoms with van der Waals surface area (Å²) in [6, 6.07) is 4.44. The van der Waals surface area contributed by atoms with Crippen LogP contribution in [-0.2, 0) is 11.2 Å². The molecular weight excluding hydrogens is 326 g/mol. The maximum Gasteiger partial charge on any atom is 0.270 e. The highest BCUT2D eigenvalue weighted by Crippen LogP contribution is 2.32. The first-order chi connectivity index (χ1) is 9.51. The molecule has 3 N–H and O–H groups in total. The van der Waals surface area contributed by atoms with E-state index in [1.807, 2.05) is 0 Å². The fourth-order valence-electron chi connectivity index (χ4n) is 2.09. The maximum absolute atomic E-state index is 12.0.